The van der Waals surface area contributed by atoms with Crippen molar-refractivity contribution in [2.45, 2.75) is 53.4 Å². The summed E-state index contributed by atoms with van der Waals surface area (Å²) in [7, 11) is 0. The molecule has 0 saturated carbocycles. The van der Waals surface area contributed by atoms with Crippen molar-refractivity contribution < 1.29 is 0 Å². The number of hydrogen-bond donors (Lipinski definition) is 1. The maximum atomic E-state index is 5.15. The van der Waals surface area contributed by atoms with E-state index in [4.69, 9.17) is 12.2 Å². The molecule has 0 unspecified atom stereocenters. The van der Waals surface area contributed by atoms with Gasteiger partial charge in [-0.1, -0.05) is 59.2 Å². The lowest BCUT2D eigenvalue weighted by molar-refractivity contribution is 0.362. The van der Waals surface area contributed by atoms with Gasteiger partial charge in [0.05, 0.1) is 0 Å². The standard InChI is InChI=1S/C13H27NS2/c1-11(2)8-6-5-7-9-14(13(15)16)10-12(3)4/h11-12H,5-10H2,1-4H3,(H,15,16). The molecule has 0 aliphatic heterocycles. The molecule has 0 bridgehead atoms. The van der Waals surface area contributed by atoms with Crippen LogP contribution in [0.5, 0.6) is 0 Å². The number of thiol groups is 1. The third-order valence-electron chi connectivity index (χ3n) is 2.57. The molecule has 0 amide bonds. The maximum absolute atomic E-state index is 5.15. The first-order chi connectivity index (χ1) is 7.43. The molecule has 96 valence electrons. The van der Waals surface area contributed by atoms with Crippen LogP contribution < -0.4 is 0 Å². The van der Waals surface area contributed by atoms with Gasteiger partial charge in [-0.2, -0.15) is 0 Å². The Labute approximate surface area is 112 Å². The van der Waals surface area contributed by atoms with E-state index in [-0.39, 0.29) is 0 Å². The predicted octanol–water partition coefficient (Wildman–Crippen LogP) is 4.38. The zero-order chi connectivity index (χ0) is 12.6. The van der Waals surface area contributed by atoms with Crippen LogP contribution in [0.1, 0.15) is 53.4 Å². The summed E-state index contributed by atoms with van der Waals surface area (Å²) in [6.07, 6.45) is 5.23. The highest BCUT2D eigenvalue weighted by atomic mass is 32.1. The summed E-state index contributed by atoms with van der Waals surface area (Å²) in [5.74, 6) is 1.48. The van der Waals surface area contributed by atoms with E-state index in [1.807, 2.05) is 0 Å². The summed E-state index contributed by atoms with van der Waals surface area (Å²) < 4.78 is 0.748. The van der Waals surface area contributed by atoms with E-state index in [0.29, 0.717) is 5.92 Å². The van der Waals surface area contributed by atoms with Crippen LogP contribution in [0.15, 0.2) is 0 Å². The quantitative estimate of drug-likeness (QED) is 0.392. The maximum Gasteiger partial charge on any atom is 0.133 e. The van der Waals surface area contributed by atoms with E-state index in [1.165, 1.54) is 25.7 Å². The van der Waals surface area contributed by atoms with Gasteiger partial charge in [-0.15, -0.1) is 12.6 Å². The number of thiocarbonyl (C=S) groups is 1. The average Bonchev–Trinajstić information content (AvgIpc) is 2.14. The van der Waals surface area contributed by atoms with E-state index >= 15 is 0 Å². The molecule has 0 fully saturated rings. The molecule has 0 aliphatic carbocycles. The van der Waals surface area contributed by atoms with Gasteiger partial charge in [-0.25, -0.2) is 0 Å². The highest BCUT2D eigenvalue weighted by Crippen LogP contribution is 2.10. The van der Waals surface area contributed by atoms with Crippen molar-refractivity contribution in [3.8, 4) is 0 Å². The van der Waals surface area contributed by atoms with Crippen LogP contribution in [-0.2, 0) is 0 Å². The first-order valence-electron chi connectivity index (χ1n) is 6.41. The molecular formula is C13H27NS2. The van der Waals surface area contributed by atoms with Gasteiger partial charge in [0.1, 0.15) is 4.32 Å². The fourth-order valence-corrected chi connectivity index (χ4v) is 2.09. The molecule has 0 heterocycles. The van der Waals surface area contributed by atoms with Crippen LogP contribution in [0.25, 0.3) is 0 Å². The summed E-state index contributed by atoms with van der Waals surface area (Å²) in [4.78, 5) is 2.22. The zero-order valence-electron chi connectivity index (χ0n) is 11.2. The minimum atomic E-state index is 0.653. The Bertz CT molecular complexity index is 190. The summed E-state index contributed by atoms with van der Waals surface area (Å²) in [5, 5.41) is 0. The number of unbranched alkanes of at least 4 members (excludes halogenated alkanes) is 2. The molecular weight excluding hydrogens is 234 g/mol. The normalized spacial score (nSPS) is 11.2. The van der Waals surface area contributed by atoms with Gasteiger partial charge in [0, 0.05) is 13.1 Å². The van der Waals surface area contributed by atoms with Gasteiger partial charge in [-0.05, 0) is 18.3 Å². The predicted molar refractivity (Wildman–Crippen MR) is 81.3 cm³/mol. The van der Waals surface area contributed by atoms with E-state index in [0.717, 1.165) is 23.3 Å². The third kappa shape index (κ3) is 9.46. The molecule has 0 rings (SSSR count). The highest BCUT2D eigenvalue weighted by Gasteiger charge is 2.07. The smallest absolute Gasteiger partial charge is 0.133 e. The first kappa shape index (κ1) is 16.2. The van der Waals surface area contributed by atoms with Gasteiger partial charge < -0.3 is 4.90 Å². The highest BCUT2D eigenvalue weighted by molar-refractivity contribution is 8.10. The van der Waals surface area contributed by atoms with Crippen molar-refractivity contribution in [3.05, 3.63) is 0 Å². The molecule has 0 aliphatic rings. The number of hydrogen-bond acceptors (Lipinski definition) is 1. The van der Waals surface area contributed by atoms with Crippen LogP contribution in [-0.4, -0.2) is 22.3 Å². The SMILES string of the molecule is CC(C)CCCCCN(CC(C)C)C(=S)S. The Balaban J connectivity index is 3.64. The molecule has 0 radical (unpaired) electrons. The van der Waals surface area contributed by atoms with Crippen molar-refractivity contribution in [2.24, 2.45) is 11.8 Å². The summed E-state index contributed by atoms with van der Waals surface area (Å²) in [6.45, 7) is 11.1. The van der Waals surface area contributed by atoms with Crippen LogP contribution in [0, 0.1) is 11.8 Å². The molecule has 0 spiro atoms. The Morgan fingerprint density at radius 3 is 2.12 bits per heavy atom. The second-order valence-corrected chi connectivity index (χ2v) is 6.48. The average molecular weight is 262 g/mol. The third-order valence-corrected chi connectivity index (χ3v) is 3.11. The first-order valence-corrected chi connectivity index (χ1v) is 7.27. The fraction of sp³-hybridized carbons (Fsp3) is 0.923. The van der Waals surface area contributed by atoms with E-state index < -0.39 is 0 Å². The second kappa shape index (κ2) is 9.29. The van der Waals surface area contributed by atoms with Crippen LogP contribution in [0.4, 0.5) is 0 Å². The Kier molecular flexibility index (Phi) is 9.43. The summed E-state index contributed by atoms with van der Waals surface area (Å²) in [5.41, 5.74) is 0. The molecule has 1 nitrogen and oxygen atoms in total. The lowest BCUT2D eigenvalue weighted by Gasteiger charge is -2.24. The largest absolute Gasteiger partial charge is 0.357 e. The van der Waals surface area contributed by atoms with Gasteiger partial charge in [-0.3, -0.25) is 0 Å². The number of nitrogens with zero attached hydrogens (tertiary/aromatic N) is 1. The molecule has 0 aromatic rings. The lowest BCUT2D eigenvalue weighted by Crippen LogP contribution is -2.31. The van der Waals surface area contributed by atoms with E-state index in [2.05, 4.69) is 45.2 Å². The Morgan fingerprint density at radius 1 is 1.06 bits per heavy atom. The van der Waals surface area contributed by atoms with Crippen molar-refractivity contribution >= 4 is 29.2 Å². The Morgan fingerprint density at radius 2 is 1.69 bits per heavy atom. The van der Waals surface area contributed by atoms with Gasteiger partial charge >= 0.3 is 0 Å². The van der Waals surface area contributed by atoms with Crippen LogP contribution >= 0.6 is 24.8 Å². The molecule has 0 aromatic carbocycles. The minimum Gasteiger partial charge on any atom is -0.357 e. The molecule has 16 heavy (non-hydrogen) atoms. The van der Waals surface area contributed by atoms with Gasteiger partial charge in [0.15, 0.2) is 0 Å². The van der Waals surface area contributed by atoms with Crippen LogP contribution in [0.2, 0.25) is 0 Å². The van der Waals surface area contributed by atoms with Crippen molar-refractivity contribution in [1.82, 2.24) is 4.90 Å². The van der Waals surface area contributed by atoms with E-state index in [9.17, 15) is 0 Å². The molecule has 0 saturated heterocycles. The zero-order valence-corrected chi connectivity index (χ0v) is 12.9. The summed E-state index contributed by atoms with van der Waals surface area (Å²) >= 11 is 9.43. The minimum absolute atomic E-state index is 0.653. The van der Waals surface area contributed by atoms with Crippen molar-refractivity contribution in [3.63, 3.8) is 0 Å². The summed E-state index contributed by atoms with van der Waals surface area (Å²) in [6, 6.07) is 0. The molecule has 3 heteroatoms. The second-order valence-electron chi connectivity index (χ2n) is 5.37. The monoisotopic (exact) mass is 261 g/mol. The van der Waals surface area contributed by atoms with Crippen LogP contribution in [0.3, 0.4) is 0 Å². The lowest BCUT2D eigenvalue weighted by atomic mass is 10.1. The van der Waals surface area contributed by atoms with Gasteiger partial charge in [0.25, 0.3) is 0 Å². The Hall–Kier alpha value is 0.240. The van der Waals surface area contributed by atoms with E-state index in [1.54, 1.807) is 0 Å². The molecule has 0 aromatic heterocycles. The molecule has 0 N–H and O–H groups in total. The number of rotatable bonds is 8. The van der Waals surface area contributed by atoms with Gasteiger partial charge in [0.2, 0.25) is 0 Å². The fourth-order valence-electron chi connectivity index (χ4n) is 1.74. The van der Waals surface area contributed by atoms with Crippen molar-refractivity contribution in [1.29, 1.82) is 0 Å². The topological polar surface area (TPSA) is 3.24 Å². The van der Waals surface area contributed by atoms with Crippen molar-refractivity contribution in [2.75, 3.05) is 13.1 Å². The molecule has 0 atom stereocenters.